The van der Waals surface area contributed by atoms with E-state index in [1.807, 2.05) is 0 Å². The SMILES string of the molecule is C=C(C)C(=O)O[N+](C)(C)C.[Cl-]. The standard InChI is InChI=1S/C7H14NO2.ClH/c1-6(2)7(9)10-8(3,4)5;/h1H2,2-5H3;1H/q+1;/p-1. The van der Waals surface area contributed by atoms with Gasteiger partial charge in [0.05, 0.1) is 0 Å². The lowest BCUT2D eigenvalue weighted by Gasteiger charge is -2.19. The average Bonchev–Trinajstić information content (AvgIpc) is 1.60. The topological polar surface area (TPSA) is 26.3 Å². The Bertz CT molecular complexity index is 160. The van der Waals surface area contributed by atoms with Crippen LogP contribution in [0.3, 0.4) is 0 Å². The summed E-state index contributed by atoms with van der Waals surface area (Å²) in [5, 5.41) is 0. The Morgan fingerprint density at radius 2 is 1.73 bits per heavy atom. The van der Waals surface area contributed by atoms with Crippen LogP contribution in [0, 0.1) is 0 Å². The molecule has 0 atom stereocenters. The Hall–Kier alpha value is -0.540. The number of carbonyl (C=O) groups is 1. The van der Waals surface area contributed by atoms with Gasteiger partial charge in [-0.05, 0) is 6.92 Å². The van der Waals surface area contributed by atoms with E-state index < -0.39 is 0 Å². The molecule has 0 N–H and O–H groups in total. The van der Waals surface area contributed by atoms with Gasteiger partial charge in [0.15, 0.2) is 0 Å². The Morgan fingerprint density at radius 3 is 1.82 bits per heavy atom. The van der Waals surface area contributed by atoms with E-state index in [0.717, 1.165) is 0 Å². The highest BCUT2D eigenvalue weighted by molar-refractivity contribution is 5.86. The van der Waals surface area contributed by atoms with Crippen molar-refractivity contribution in [1.82, 2.24) is 0 Å². The number of halogens is 1. The molecular weight excluding hydrogens is 166 g/mol. The Labute approximate surface area is 73.6 Å². The molecule has 3 nitrogen and oxygen atoms in total. The Balaban J connectivity index is 0. The van der Waals surface area contributed by atoms with Crippen molar-refractivity contribution in [3.63, 3.8) is 0 Å². The Morgan fingerprint density at radius 1 is 1.36 bits per heavy atom. The second kappa shape index (κ2) is 4.36. The van der Waals surface area contributed by atoms with Crippen LogP contribution in [-0.2, 0) is 9.63 Å². The molecule has 0 fully saturated rings. The van der Waals surface area contributed by atoms with E-state index in [-0.39, 0.29) is 23.0 Å². The van der Waals surface area contributed by atoms with Gasteiger partial charge < -0.3 is 12.4 Å². The van der Waals surface area contributed by atoms with Crippen molar-refractivity contribution in [2.75, 3.05) is 21.1 Å². The summed E-state index contributed by atoms with van der Waals surface area (Å²) in [4.78, 5) is 15.7. The molecule has 0 aromatic rings. The molecule has 0 saturated carbocycles. The molecule has 0 aromatic carbocycles. The summed E-state index contributed by atoms with van der Waals surface area (Å²) >= 11 is 0. The molecule has 0 heterocycles. The second-order valence-corrected chi connectivity index (χ2v) is 3.05. The average molecular weight is 180 g/mol. The molecule has 66 valence electrons. The van der Waals surface area contributed by atoms with Crippen molar-refractivity contribution in [1.29, 1.82) is 0 Å². The summed E-state index contributed by atoms with van der Waals surface area (Å²) < 4.78 is 0.172. The fraction of sp³-hybridized carbons (Fsp3) is 0.571. The number of carbonyl (C=O) groups excluding carboxylic acids is 1. The maximum atomic E-state index is 10.8. The number of rotatable bonds is 2. The minimum Gasteiger partial charge on any atom is -1.00 e. The van der Waals surface area contributed by atoms with E-state index in [1.165, 1.54) is 0 Å². The molecule has 0 bridgehead atoms. The van der Waals surface area contributed by atoms with Crippen molar-refractivity contribution in [2.45, 2.75) is 6.92 Å². The van der Waals surface area contributed by atoms with Gasteiger partial charge in [-0.3, -0.25) is 4.84 Å². The van der Waals surface area contributed by atoms with Gasteiger partial charge in [0.2, 0.25) is 0 Å². The maximum Gasteiger partial charge on any atom is 0.392 e. The molecule has 0 radical (unpaired) electrons. The fourth-order valence-corrected chi connectivity index (χ4v) is 0.327. The quantitative estimate of drug-likeness (QED) is 0.272. The minimum atomic E-state index is -0.354. The van der Waals surface area contributed by atoms with Gasteiger partial charge in [-0.15, -0.1) is 4.65 Å². The van der Waals surface area contributed by atoms with Crippen molar-refractivity contribution in [3.8, 4) is 0 Å². The number of nitrogens with zero attached hydrogens (tertiary/aromatic N) is 1. The van der Waals surface area contributed by atoms with Crippen LogP contribution in [-0.4, -0.2) is 31.8 Å². The molecule has 0 aliphatic rings. The zero-order chi connectivity index (χ0) is 8.36. The van der Waals surface area contributed by atoms with Crippen LogP contribution in [0.5, 0.6) is 0 Å². The highest BCUT2D eigenvalue weighted by Crippen LogP contribution is 1.98. The molecular formula is C7H14ClNO2. The largest absolute Gasteiger partial charge is 1.00 e. The predicted octanol–water partition coefficient (Wildman–Crippen LogP) is -2.27. The van der Waals surface area contributed by atoms with Crippen LogP contribution in [0.4, 0.5) is 0 Å². The number of hydroxylamine groups is 3. The van der Waals surface area contributed by atoms with Crippen LogP contribution in [0.2, 0.25) is 0 Å². The van der Waals surface area contributed by atoms with E-state index in [9.17, 15) is 4.79 Å². The maximum absolute atomic E-state index is 10.8. The van der Waals surface area contributed by atoms with Gasteiger partial charge in [-0.25, -0.2) is 4.79 Å². The summed E-state index contributed by atoms with van der Waals surface area (Å²) in [7, 11) is 5.29. The lowest BCUT2D eigenvalue weighted by atomic mass is 10.4. The summed E-state index contributed by atoms with van der Waals surface area (Å²) in [5.41, 5.74) is 0.424. The molecule has 0 rings (SSSR count). The van der Waals surface area contributed by atoms with E-state index in [4.69, 9.17) is 4.84 Å². The van der Waals surface area contributed by atoms with Crippen molar-refractivity contribution in [2.24, 2.45) is 0 Å². The van der Waals surface area contributed by atoms with E-state index >= 15 is 0 Å². The molecule has 0 aliphatic carbocycles. The lowest BCUT2D eigenvalue weighted by Crippen LogP contribution is -3.00. The van der Waals surface area contributed by atoms with E-state index in [2.05, 4.69) is 6.58 Å². The molecule has 4 heteroatoms. The smallest absolute Gasteiger partial charge is 0.392 e. The molecule has 0 aromatic heterocycles. The third-order valence-corrected chi connectivity index (χ3v) is 0.705. The molecule has 11 heavy (non-hydrogen) atoms. The fourth-order valence-electron chi connectivity index (χ4n) is 0.327. The lowest BCUT2D eigenvalue weighted by molar-refractivity contribution is -1.04. The Kier molecular flexibility index (Phi) is 5.19. The van der Waals surface area contributed by atoms with Crippen LogP contribution in [0.25, 0.3) is 0 Å². The third-order valence-electron chi connectivity index (χ3n) is 0.705. The van der Waals surface area contributed by atoms with Crippen molar-refractivity contribution in [3.05, 3.63) is 12.2 Å². The first-order chi connectivity index (χ1) is 4.33. The zero-order valence-corrected chi connectivity index (χ0v) is 8.10. The van der Waals surface area contributed by atoms with Crippen molar-refractivity contribution < 1.29 is 26.7 Å². The van der Waals surface area contributed by atoms with Gasteiger partial charge in [0.1, 0.15) is 21.1 Å². The summed E-state index contributed by atoms with van der Waals surface area (Å²) in [6.45, 7) is 5.08. The van der Waals surface area contributed by atoms with Gasteiger partial charge in [0, 0.05) is 5.57 Å². The third kappa shape index (κ3) is 7.36. The van der Waals surface area contributed by atoms with Crippen molar-refractivity contribution >= 4 is 5.97 Å². The second-order valence-electron chi connectivity index (χ2n) is 3.05. The van der Waals surface area contributed by atoms with Gasteiger partial charge in [-0.2, -0.15) is 0 Å². The molecule has 0 spiro atoms. The van der Waals surface area contributed by atoms with E-state index in [1.54, 1.807) is 28.1 Å². The van der Waals surface area contributed by atoms with Gasteiger partial charge in [-0.1, -0.05) is 6.58 Å². The monoisotopic (exact) mass is 179 g/mol. The van der Waals surface area contributed by atoms with Gasteiger partial charge >= 0.3 is 5.97 Å². The molecule has 0 amide bonds. The predicted molar refractivity (Wildman–Crippen MR) is 38.9 cm³/mol. The summed E-state index contributed by atoms with van der Waals surface area (Å²) in [6.07, 6.45) is 0. The van der Waals surface area contributed by atoms with Crippen LogP contribution < -0.4 is 12.4 Å². The van der Waals surface area contributed by atoms with Crippen LogP contribution in [0.1, 0.15) is 6.92 Å². The minimum absolute atomic E-state index is 0. The van der Waals surface area contributed by atoms with Crippen LogP contribution in [0.15, 0.2) is 12.2 Å². The van der Waals surface area contributed by atoms with E-state index in [0.29, 0.717) is 5.57 Å². The number of hydrogen-bond donors (Lipinski definition) is 0. The first kappa shape index (κ1) is 13.1. The first-order valence-electron chi connectivity index (χ1n) is 3.04. The number of quaternary nitrogens is 1. The van der Waals surface area contributed by atoms with Gasteiger partial charge in [0.25, 0.3) is 0 Å². The molecule has 0 aliphatic heterocycles. The number of hydrogen-bond acceptors (Lipinski definition) is 2. The first-order valence-corrected chi connectivity index (χ1v) is 3.04. The highest BCUT2D eigenvalue weighted by Gasteiger charge is 2.15. The van der Waals surface area contributed by atoms with Crippen LogP contribution >= 0.6 is 0 Å². The zero-order valence-electron chi connectivity index (χ0n) is 7.35. The molecule has 0 unspecified atom stereocenters. The highest BCUT2D eigenvalue weighted by atomic mass is 35.5. The summed E-state index contributed by atoms with van der Waals surface area (Å²) in [6, 6.07) is 0. The normalized spacial score (nSPS) is 9.82. The molecule has 0 saturated heterocycles. The summed E-state index contributed by atoms with van der Waals surface area (Å²) in [5.74, 6) is -0.354.